The van der Waals surface area contributed by atoms with Crippen LogP contribution in [0.5, 0.6) is 0 Å². The number of nitrogens with two attached hydrogens (primary N) is 1. The number of amides is 2. The van der Waals surface area contributed by atoms with Gasteiger partial charge in [0.25, 0.3) is 11.8 Å². The van der Waals surface area contributed by atoms with Crippen molar-refractivity contribution < 1.29 is 38.3 Å². The molecule has 40 heavy (non-hydrogen) atoms. The van der Waals surface area contributed by atoms with Crippen LogP contribution < -0.4 is 5.90 Å². The third-order valence-electron chi connectivity index (χ3n) is 4.81. The lowest BCUT2D eigenvalue weighted by molar-refractivity contribution is -0.101. The zero-order chi connectivity index (χ0) is 29.7. The van der Waals surface area contributed by atoms with E-state index in [-0.39, 0.29) is 13.2 Å². The van der Waals surface area contributed by atoms with Gasteiger partial charge in [-0.3, -0.25) is 19.3 Å². The summed E-state index contributed by atoms with van der Waals surface area (Å²) in [6.45, 7) is 10.7. The Balaban J connectivity index is 0.000000252. The molecule has 0 atom stereocenters. The second-order valence-electron chi connectivity index (χ2n) is 10.5. The SMILES string of the molecule is CC(C)(C)OC(=O)n1cnc(CON)c1.CC(C)(C)OC(=O)n1cnc(CON2C(=O)c3ccccc3C2=O)c1. The molecule has 214 valence electrons. The maximum absolute atomic E-state index is 12.2. The minimum Gasteiger partial charge on any atom is -0.443 e. The van der Waals surface area contributed by atoms with E-state index in [1.807, 2.05) is 0 Å². The molecule has 1 aliphatic rings. The van der Waals surface area contributed by atoms with Crippen molar-refractivity contribution in [3.05, 3.63) is 71.8 Å². The van der Waals surface area contributed by atoms with Crippen molar-refractivity contribution in [2.45, 2.75) is 66.0 Å². The largest absolute Gasteiger partial charge is 0.443 e. The van der Waals surface area contributed by atoms with Gasteiger partial charge in [-0.15, -0.1) is 5.06 Å². The first kappa shape index (κ1) is 30.1. The fourth-order valence-corrected chi connectivity index (χ4v) is 3.21. The van der Waals surface area contributed by atoms with E-state index in [4.69, 9.17) is 20.2 Å². The number of hydrogen-bond acceptors (Lipinski definition) is 11. The molecule has 0 saturated heterocycles. The number of benzene rings is 1. The number of carbonyl (C=O) groups excluding carboxylic acids is 4. The summed E-state index contributed by atoms with van der Waals surface area (Å²) < 4.78 is 12.8. The molecule has 2 aromatic heterocycles. The standard InChI is InChI=1S/C17H17N3O5.C9H15N3O3/c1-17(2,3)25-16(23)19-8-11(18-10-19)9-24-20-14(21)12-6-4-5-7-13(12)15(20)22;1-9(2,3)15-8(13)12-4-7(5-14-10)11-6-12/h4-8,10H,9H2,1-3H3;4,6H,5,10H2,1-3H3. The molecule has 3 aromatic rings. The van der Waals surface area contributed by atoms with Gasteiger partial charge in [-0.1, -0.05) is 12.1 Å². The molecule has 3 heterocycles. The Bertz CT molecular complexity index is 1350. The van der Waals surface area contributed by atoms with Gasteiger partial charge < -0.3 is 9.47 Å². The second-order valence-corrected chi connectivity index (χ2v) is 10.5. The van der Waals surface area contributed by atoms with Crippen LogP contribution in [0.15, 0.2) is 49.3 Å². The first-order valence-electron chi connectivity index (χ1n) is 12.1. The number of imidazole rings is 2. The fourth-order valence-electron chi connectivity index (χ4n) is 3.21. The van der Waals surface area contributed by atoms with Crippen LogP contribution in [-0.4, -0.2) is 59.4 Å². The third kappa shape index (κ3) is 8.05. The van der Waals surface area contributed by atoms with Gasteiger partial charge in [0.1, 0.15) is 37.1 Å². The number of rotatable bonds is 5. The van der Waals surface area contributed by atoms with E-state index in [2.05, 4.69) is 14.8 Å². The summed E-state index contributed by atoms with van der Waals surface area (Å²) in [6, 6.07) is 6.48. The topological polar surface area (TPSA) is 170 Å². The molecule has 2 N–H and O–H groups in total. The summed E-state index contributed by atoms with van der Waals surface area (Å²) in [7, 11) is 0. The highest BCUT2D eigenvalue weighted by Crippen LogP contribution is 2.23. The molecule has 0 spiro atoms. The van der Waals surface area contributed by atoms with Crippen LogP contribution in [0.3, 0.4) is 0 Å². The first-order valence-corrected chi connectivity index (χ1v) is 12.1. The Kier molecular flexibility index (Phi) is 9.19. The Morgan fingerprint density at radius 3 is 1.60 bits per heavy atom. The number of hydrogen-bond donors (Lipinski definition) is 1. The van der Waals surface area contributed by atoms with E-state index in [0.717, 1.165) is 0 Å². The Hall–Kier alpha value is -4.40. The summed E-state index contributed by atoms with van der Waals surface area (Å²) in [5, 5.41) is 0.706. The summed E-state index contributed by atoms with van der Waals surface area (Å²) in [5.74, 6) is 3.84. The monoisotopic (exact) mass is 556 g/mol. The highest BCUT2D eigenvalue weighted by molar-refractivity contribution is 6.20. The normalized spacial score (nSPS) is 13.0. The number of hydroxylamine groups is 2. The van der Waals surface area contributed by atoms with Crippen molar-refractivity contribution in [2.75, 3.05) is 0 Å². The molecule has 0 unspecified atom stereocenters. The van der Waals surface area contributed by atoms with Crippen molar-refractivity contribution in [1.29, 1.82) is 0 Å². The number of nitrogens with zero attached hydrogens (tertiary/aromatic N) is 5. The molecular weight excluding hydrogens is 524 g/mol. The van der Waals surface area contributed by atoms with E-state index in [9.17, 15) is 19.2 Å². The second kappa shape index (κ2) is 12.2. The maximum Gasteiger partial charge on any atom is 0.419 e. The molecule has 14 nitrogen and oxygen atoms in total. The van der Waals surface area contributed by atoms with Crippen molar-refractivity contribution in [3.8, 4) is 0 Å². The average Bonchev–Trinajstić information content (AvgIpc) is 3.57. The molecule has 0 bridgehead atoms. The molecule has 2 amide bonds. The van der Waals surface area contributed by atoms with Gasteiger partial charge in [-0.05, 0) is 53.7 Å². The number of imide groups is 1. The van der Waals surface area contributed by atoms with Crippen molar-refractivity contribution in [1.82, 2.24) is 24.2 Å². The smallest absolute Gasteiger partial charge is 0.419 e. The lowest BCUT2D eigenvalue weighted by Crippen LogP contribution is -2.29. The van der Waals surface area contributed by atoms with Gasteiger partial charge >= 0.3 is 12.2 Å². The van der Waals surface area contributed by atoms with Gasteiger partial charge in [0, 0.05) is 12.4 Å². The van der Waals surface area contributed by atoms with Crippen molar-refractivity contribution in [2.24, 2.45) is 5.90 Å². The van der Waals surface area contributed by atoms with Gasteiger partial charge in [0.2, 0.25) is 0 Å². The van der Waals surface area contributed by atoms with Crippen LogP contribution in [0.2, 0.25) is 0 Å². The molecule has 1 aliphatic heterocycles. The lowest BCUT2D eigenvalue weighted by atomic mass is 10.1. The highest BCUT2D eigenvalue weighted by Gasteiger charge is 2.36. The molecule has 0 saturated carbocycles. The van der Waals surface area contributed by atoms with Gasteiger partial charge in [0.15, 0.2) is 0 Å². The molecule has 14 heteroatoms. The predicted octanol–water partition coefficient (Wildman–Crippen LogP) is 3.45. The number of ether oxygens (including phenoxy) is 2. The number of carbonyl (C=O) groups is 4. The highest BCUT2D eigenvalue weighted by atomic mass is 16.7. The summed E-state index contributed by atoms with van der Waals surface area (Å²) >= 11 is 0. The maximum atomic E-state index is 12.2. The molecular formula is C26H32N6O8. The van der Waals surface area contributed by atoms with Gasteiger partial charge in [-0.25, -0.2) is 34.6 Å². The van der Waals surface area contributed by atoms with Crippen molar-refractivity contribution in [3.63, 3.8) is 0 Å². The van der Waals surface area contributed by atoms with Gasteiger partial charge in [-0.2, -0.15) is 0 Å². The molecule has 0 fully saturated rings. The van der Waals surface area contributed by atoms with Crippen LogP contribution in [0, 0.1) is 0 Å². The average molecular weight is 557 g/mol. The van der Waals surface area contributed by atoms with Gasteiger partial charge in [0.05, 0.1) is 22.5 Å². The molecule has 0 aliphatic carbocycles. The zero-order valence-corrected chi connectivity index (χ0v) is 23.1. The predicted molar refractivity (Wildman–Crippen MR) is 138 cm³/mol. The van der Waals surface area contributed by atoms with Crippen LogP contribution in [0.4, 0.5) is 9.59 Å². The van der Waals surface area contributed by atoms with E-state index < -0.39 is 35.2 Å². The zero-order valence-electron chi connectivity index (χ0n) is 23.1. The van der Waals surface area contributed by atoms with Crippen LogP contribution >= 0.6 is 0 Å². The summed E-state index contributed by atoms with van der Waals surface area (Å²) in [6.07, 6.45) is 4.54. The third-order valence-corrected chi connectivity index (χ3v) is 4.81. The first-order chi connectivity index (χ1) is 18.7. The number of fused-ring (bicyclic) bond motifs is 1. The quantitative estimate of drug-likeness (QED) is 0.360. The van der Waals surface area contributed by atoms with Crippen LogP contribution in [-0.2, 0) is 32.4 Å². The summed E-state index contributed by atoms with van der Waals surface area (Å²) in [4.78, 5) is 65.4. The Labute approximate surface area is 230 Å². The minimum absolute atomic E-state index is 0.138. The molecule has 4 rings (SSSR count). The van der Waals surface area contributed by atoms with Crippen molar-refractivity contribution >= 4 is 24.0 Å². The summed E-state index contributed by atoms with van der Waals surface area (Å²) in [5.41, 5.74) is 0.397. The number of aromatic nitrogens is 4. The molecule has 0 radical (unpaired) electrons. The van der Waals surface area contributed by atoms with E-state index in [1.54, 1.807) is 65.8 Å². The van der Waals surface area contributed by atoms with Crippen LogP contribution in [0.1, 0.15) is 73.6 Å². The minimum atomic E-state index is -0.627. The van der Waals surface area contributed by atoms with E-state index in [1.165, 1.54) is 34.2 Å². The molecule has 1 aromatic carbocycles. The van der Waals surface area contributed by atoms with Crippen LogP contribution in [0.25, 0.3) is 0 Å². The van der Waals surface area contributed by atoms with E-state index in [0.29, 0.717) is 27.6 Å². The lowest BCUT2D eigenvalue weighted by Gasteiger charge is -2.19. The fraction of sp³-hybridized carbons (Fsp3) is 0.385. The van der Waals surface area contributed by atoms with E-state index >= 15 is 0 Å². The Morgan fingerprint density at radius 2 is 1.20 bits per heavy atom. The Morgan fingerprint density at radius 1 is 0.775 bits per heavy atom.